The lowest BCUT2D eigenvalue weighted by Gasteiger charge is -2.28. The quantitative estimate of drug-likeness (QED) is 0.113. The summed E-state index contributed by atoms with van der Waals surface area (Å²) in [4.78, 5) is 18.1. The molecule has 1 aliphatic heterocycles. The van der Waals surface area contributed by atoms with Crippen molar-refractivity contribution < 1.29 is 14.3 Å². The molecular weight excluding hydrogens is 544 g/mol. The Morgan fingerprint density at radius 2 is 1.80 bits per heavy atom. The van der Waals surface area contributed by atoms with Gasteiger partial charge in [-0.1, -0.05) is 97.4 Å². The van der Waals surface area contributed by atoms with Crippen molar-refractivity contribution in [3.63, 3.8) is 0 Å². The average Bonchev–Trinajstić information content (AvgIpc) is 3.38. The van der Waals surface area contributed by atoms with Crippen LogP contribution in [0.3, 0.4) is 0 Å². The van der Waals surface area contributed by atoms with Crippen LogP contribution in [0.2, 0.25) is 5.02 Å². The summed E-state index contributed by atoms with van der Waals surface area (Å²) in [5, 5.41) is 9.36. The Balaban J connectivity index is 1.41. The Morgan fingerprint density at radius 3 is 2.55 bits per heavy atom. The van der Waals surface area contributed by atoms with Gasteiger partial charge in [-0.05, 0) is 48.2 Å². The molecule has 0 spiro atoms. The number of benzene rings is 3. The van der Waals surface area contributed by atoms with Gasteiger partial charge in [0.05, 0.1) is 12.2 Å². The van der Waals surface area contributed by atoms with Crippen molar-refractivity contribution >= 4 is 35.3 Å². The van der Waals surface area contributed by atoms with E-state index in [1.807, 2.05) is 85.8 Å². The number of thioether (sulfide) groups is 1. The average molecular weight is 575 g/mol. The van der Waals surface area contributed by atoms with Crippen LogP contribution >= 0.6 is 23.4 Å². The normalized spacial score (nSPS) is 14.4. The Hall–Kier alpha value is -3.75. The van der Waals surface area contributed by atoms with Gasteiger partial charge in [0, 0.05) is 16.5 Å². The van der Waals surface area contributed by atoms with E-state index in [1.165, 1.54) is 11.8 Å². The van der Waals surface area contributed by atoms with Gasteiger partial charge < -0.3 is 14.8 Å². The number of unbranched alkanes of at least 4 members (excludes halogenated alkanes) is 1. The molecule has 3 aromatic carbocycles. The van der Waals surface area contributed by atoms with Gasteiger partial charge in [-0.3, -0.25) is 0 Å². The number of aromatic nitrogens is 3. The molecular formula is C31H31ClN4O3S. The molecule has 4 aromatic rings. The zero-order valence-electron chi connectivity index (χ0n) is 22.5. The maximum absolute atomic E-state index is 13.3. The van der Waals surface area contributed by atoms with E-state index in [4.69, 9.17) is 31.2 Å². The summed E-state index contributed by atoms with van der Waals surface area (Å²) in [5.74, 6) is 1.57. The van der Waals surface area contributed by atoms with E-state index in [0.29, 0.717) is 46.4 Å². The van der Waals surface area contributed by atoms with Crippen LogP contribution in [0.25, 0.3) is 0 Å². The van der Waals surface area contributed by atoms with Gasteiger partial charge in [-0.2, -0.15) is 4.98 Å². The fourth-order valence-electron chi connectivity index (χ4n) is 4.40. The number of fused-ring (bicyclic) bond motifs is 1. The third-order valence-electron chi connectivity index (χ3n) is 6.54. The van der Waals surface area contributed by atoms with E-state index < -0.39 is 6.04 Å². The lowest BCUT2D eigenvalue weighted by Crippen LogP contribution is -2.29. The second-order valence-electron chi connectivity index (χ2n) is 9.44. The first-order valence-electron chi connectivity index (χ1n) is 13.3. The predicted molar refractivity (Wildman–Crippen MR) is 159 cm³/mol. The Kier molecular flexibility index (Phi) is 9.08. The molecule has 40 heavy (non-hydrogen) atoms. The smallest absolute Gasteiger partial charge is 0.338 e. The molecule has 7 nitrogen and oxygen atoms in total. The number of nitrogens with zero attached hydrogens (tertiary/aromatic N) is 3. The number of esters is 1. The molecule has 1 aliphatic rings. The van der Waals surface area contributed by atoms with Crippen molar-refractivity contribution in [2.45, 2.75) is 50.2 Å². The van der Waals surface area contributed by atoms with Crippen LogP contribution in [-0.4, -0.2) is 27.3 Å². The standard InChI is InChI=1S/C31H31ClN4O3S/c1-3-4-18-38-29(37)27-21(2)33-30-34-31(40-20-24-12-8-9-13-26(24)32)35-36(30)28(27)23-14-16-25(17-15-23)39-19-22-10-6-5-7-11-22/h5-17,28H,3-4,18-20H2,1-2H3,(H,33,34,35). The molecule has 0 saturated heterocycles. The highest BCUT2D eigenvalue weighted by atomic mass is 35.5. The topological polar surface area (TPSA) is 78.3 Å². The van der Waals surface area contributed by atoms with Crippen molar-refractivity contribution in [2.24, 2.45) is 0 Å². The van der Waals surface area contributed by atoms with Crippen LogP contribution in [0.5, 0.6) is 5.75 Å². The van der Waals surface area contributed by atoms with Crippen molar-refractivity contribution in [2.75, 3.05) is 11.9 Å². The predicted octanol–water partition coefficient (Wildman–Crippen LogP) is 7.44. The zero-order valence-corrected chi connectivity index (χ0v) is 24.0. The molecule has 1 unspecified atom stereocenters. The summed E-state index contributed by atoms with van der Waals surface area (Å²) < 4.78 is 13.4. The zero-order chi connectivity index (χ0) is 27.9. The maximum Gasteiger partial charge on any atom is 0.338 e. The second-order valence-corrected chi connectivity index (χ2v) is 10.8. The molecule has 0 amide bonds. The molecule has 0 bridgehead atoms. The lowest BCUT2D eigenvalue weighted by atomic mass is 9.96. The highest BCUT2D eigenvalue weighted by Gasteiger charge is 2.35. The van der Waals surface area contributed by atoms with E-state index in [1.54, 1.807) is 4.68 Å². The van der Waals surface area contributed by atoms with Crippen molar-refractivity contribution in [3.05, 3.63) is 112 Å². The molecule has 1 atom stereocenters. The van der Waals surface area contributed by atoms with Crippen LogP contribution in [0, 0.1) is 0 Å². The Labute approximate surface area is 243 Å². The minimum absolute atomic E-state index is 0.362. The summed E-state index contributed by atoms with van der Waals surface area (Å²) in [7, 11) is 0. The van der Waals surface area contributed by atoms with Crippen molar-refractivity contribution in [1.29, 1.82) is 0 Å². The molecule has 1 N–H and O–H groups in total. The van der Waals surface area contributed by atoms with Crippen molar-refractivity contribution in [1.82, 2.24) is 14.8 Å². The Bertz CT molecular complexity index is 1490. The molecule has 0 aliphatic carbocycles. The summed E-state index contributed by atoms with van der Waals surface area (Å²) in [6, 6.07) is 25.0. The van der Waals surface area contributed by atoms with Gasteiger partial charge in [-0.25, -0.2) is 9.48 Å². The number of allylic oxidation sites excluding steroid dienone is 1. The molecule has 0 saturated carbocycles. The number of ether oxygens (including phenoxy) is 2. The van der Waals surface area contributed by atoms with Crippen LogP contribution in [0.15, 0.2) is 95.3 Å². The van der Waals surface area contributed by atoms with Crippen LogP contribution in [-0.2, 0) is 21.9 Å². The molecule has 0 radical (unpaired) electrons. The monoisotopic (exact) mass is 574 g/mol. The number of anilines is 1. The second kappa shape index (κ2) is 13.1. The van der Waals surface area contributed by atoms with Crippen molar-refractivity contribution in [3.8, 4) is 5.75 Å². The van der Waals surface area contributed by atoms with Crippen LogP contribution in [0.4, 0.5) is 5.95 Å². The third-order valence-corrected chi connectivity index (χ3v) is 7.80. The van der Waals surface area contributed by atoms with Gasteiger partial charge in [0.2, 0.25) is 11.1 Å². The number of rotatable bonds is 11. The SMILES string of the molecule is CCCCOC(=O)C1=C(C)Nc2nc(SCc3ccccc3Cl)nn2C1c1ccc(OCc2ccccc2)cc1. The van der Waals surface area contributed by atoms with E-state index in [9.17, 15) is 4.79 Å². The first kappa shape index (κ1) is 27.8. The molecule has 9 heteroatoms. The van der Waals surface area contributed by atoms with E-state index in [2.05, 4.69) is 12.2 Å². The first-order valence-corrected chi connectivity index (χ1v) is 14.6. The summed E-state index contributed by atoms with van der Waals surface area (Å²) in [6.45, 7) is 4.78. The highest BCUT2D eigenvalue weighted by Crippen LogP contribution is 2.38. The largest absolute Gasteiger partial charge is 0.489 e. The number of hydrogen-bond donors (Lipinski definition) is 1. The number of hydrogen-bond acceptors (Lipinski definition) is 7. The highest BCUT2D eigenvalue weighted by molar-refractivity contribution is 7.98. The molecule has 5 rings (SSSR count). The molecule has 2 heterocycles. The molecule has 1 aromatic heterocycles. The molecule has 206 valence electrons. The molecule has 0 fully saturated rings. The van der Waals surface area contributed by atoms with Gasteiger partial charge >= 0.3 is 5.97 Å². The van der Waals surface area contributed by atoms with E-state index in [0.717, 1.165) is 35.3 Å². The third kappa shape index (κ3) is 6.51. The van der Waals surface area contributed by atoms with E-state index >= 15 is 0 Å². The van der Waals surface area contributed by atoms with E-state index in [-0.39, 0.29) is 5.97 Å². The summed E-state index contributed by atoms with van der Waals surface area (Å²) in [6.07, 6.45) is 1.75. The number of nitrogens with one attached hydrogen (secondary N) is 1. The minimum atomic E-state index is -0.504. The number of halogens is 1. The van der Waals surface area contributed by atoms with Gasteiger partial charge in [0.25, 0.3) is 0 Å². The van der Waals surface area contributed by atoms with Gasteiger partial charge in [-0.15, -0.1) is 5.10 Å². The fraction of sp³-hybridized carbons (Fsp3) is 0.258. The minimum Gasteiger partial charge on any atom is -0.489 e. The maximum atomic E-state index is 13.3. The number of carbonyl (C=O) groups is 1. The van der Waals surface area contributed by atoms with Gasteiger partial charge in [0.1, 0.15) is 18.4 Å². The summed E-state index contributed by atoms with van der Waals surface area (Å²) in [5.41, 5.74) is 4.18. The lowest BCUT2D eigenvalue weighted by molar-refractivity contribution is -0.139. The fourth-order valence-corrected chi connectivity index (χ4v) is 5.51. The van der Waals surface area contributed by atoms with Crippen LogP contribution in [0.1, 0.15) is 49.4 Å². The van der Waals surface area contributed by atoms with Crippen LogP contribution < -0.4 is 10.1 Å². The summed E-state index contributed by atoms with van der Waals surface area (Å²) >= 11 is 7.84. The first-order chi connectivity index (χ1) is 19.5. The van der Waals surface area contributed by atoms with Gasteiger partial charge in [0.15, 0.2) is 0 Å². The Morgan fingerprint density at radius 1 is 1.05 bits per heavy atom. The number of carbonyl (C=O) groups excluding carboxylic acids is 1.